The SMILES string of the molecule is COc1cccc(OC)c1C(=O)OCC(=O)NC(=O)NCc1ccco1. The second-order valence-corrected chi connectivity index (χ2v) is 4.92. The van der Waals surface area contributed by atoms with E-state index in [1.165, 1.54) is 20.5 Å². The lowest BCUT2D eigenvalue weighted by Gasteiger charge is -2.12. The highest BCUT2D eigenvalue weighted by Gasteiger charge is 2.21. The van der Waals surface area contributed by atoms with Crippen molar-refractivity contribution in [1.29, 1.82) is 0 Å². The van der Waals surface area contributed by atoms with Crippen LogP contribution >= 0.6 is 0 Å². The molecule has 9 nitrogen and oxygen atoms in total. The first kappa shape index (κ1) is 18.8. The molecule has 0 aliphatic rings. The summed E-state index contributed by atoms with van der Waals surface area (Å²) in [6.45, 7) is -0.529. The van der Waals surface area contributed by atoms with Gasteiger partial charge in [0.2, 0.25) is 0 Å². The molecule has 2 aromatic rings. The fourth-order valence-corrected chi connectivity index (χ4v) is 2.04. The molecule has 1 aromatic carbocycles. The van der Waals surface area contributed by atoms with Gasteiger partial charge in [0.1, 0.15) is 22.8 Å². The van der Waals surface area contributed by atoms with Crippen molar-refractivity contribution in [3.63, 3.8) is 0 Å². The van der Waals surface area contributed by atoms with Crippen LogP contribution in [0.3, 0.4) is 0 Å². The monoisotopic (exact) mass is 362 g/mol. The van der Waals surface area contributed by atoms with Gasteiger partial charge in [-0.05, 0) is 24.3 Å². The Morgan fingerprint density at radius 2 is 1.73 bits per heavy atom. The second-order valence-electron chi connectivity index (χ2n) is 4.92. The number of urea groups is 1. The molecule has 2 N–H and O–H groups in total. The summed E-state index contributed by atoms with van der Waals surface area (Å²) < 4.78 is 20.1. The Morgan fingerprint density at radius 1 is 1.04 bits per heavy atom. The molecule has 0 saturated carbocycles. The third-order valence-corrected chi connectivity index (χ3v) is 3.22. The van der Waals surface area contributed by atoms with Crippen LogP contribution in [0.15, 0.2) is 41.0 Å². The van der Waals surface area contributed by atoms with Gasteiger partial charge in [-0.15, -0.1) is 0 Å². The number of ether oxygens (including phenoxy) is 3. The number of hydrogen-bond acceptors (Lipinski definition) is 7. The van der Waals surface area contributed by atoms with Crippen LogP contribution in [0.25, 0.3) is 0 Å². The molecule has 2 rings (SSSR count). The number of amides is 3. The largest absolute Gasteiger partial charge is 0.496 e. The van der Waals surface area contributed by atoms with Gasteiger partial charge in [0.25, 0.3) is 5.91 Å². The summed E-state index contributed by atoms with van der Waals surface area (Å²) >= 11 is 0. The molecule has 0 unspecified atom stereocenters. The first-order chi connectivity index (χ1) is 12.5. The van der Waals surface area contributed by atoms with E-state index in [1.807, 2.05) is 5.32 Å². The average Bonchev–Trinajstić information content (AvgIpc) is 3.17. The van der Waals surface area contributed by atoms with E-state index < -0.39 is 24.5 Å². The van der Waals surface area contributed by atoms with E-state index in [4.69, 9.17) is 18.6 Å². The maximum Gasteiger partial charge on any atom is 0.346 e. The summed E-state index contributed by atoms with van der Waals surface area (Å²) in [5, 5.41) is 4.46. The van der Waals surface area contributed by atoms with Gasteiger partial charge in [-0.3, -0.25) is 10.1 Å². The van der Waals surface area contributed by atoms with Crippen LogP contribution < -0.4 is 20.1 Å². The molecule has 0 aliphatic heterocycles. The molecule has 0 atom stereocenters. The molecule has 3 amide bonds. The van der Waals surface area contributed by atoms with Crippen LogP contribution in [0.4, 0.5) is 4.79 Å². The van der Waals surface area contributed by atoms with E-state index in [0.717, 1.165) is 0 Å². The third-order valence-electron chi connectivity index (χ3n) is 3.22. The van der Waals surface area contributed by atoms with E-state index in [9.17, 15) is 14.4 Å². The molecule has 26 heavy (non-hydrogen) atoms. The van der Waals surface area contributed by atoms with Crippen molar-refractivity contribution in [3.05, 3.63) is 47.9 Å². The maximum absolute atomic E-state index is 12.2. The van der Waals surface area contributed by atoms with Gasteiger partial charge in [0.15, 0.2) is 6.61 Å². The molecule has 0 bridgehead atoms. The molecule has 1 aromatic heterocycles. The number of esters is 1. The topological polar surface area (TPSA) is 116 Å². The lowest BCUT2D eigenvalue weighted by Crippen LogP contribution is -2.41. The Hall–Kier alpha value is -3.49. The number of methoxy groups -OCH3 is 2. The van der Waals surface area contributed by atoms with Gasteiger partial charge in [-0.25, -0.2) is 9.59 Å². The predicted molar refractivity (Wildman–Crippen MR) is 88.9 cm³/mol. The summed E-state index contributed by atoms with van der Waals surface area (Å²) in [4.78, 5) is 35.5. The Kier molecular flexibility index (Phi) is 6.60. The number of nitrogens with one attached hydrogen (secondary N) is 2. The summed E-state index contributed by atoms with van der Waals surface area (Å²) in [6, 6.07) is 7.36. The van der Waals surface area contributed by atoms with Gasteiger partial charge in [0, 0.05) is 0 Å². The number of carbonyl (C=O) groups excluding carboxylic acids is 3. The van der Waals surface area contributed by atoms with Crippen LogP contribution in [0, 0.1) is 0 Å². The minimum Gasteiger partial charge on any atom is -0.496 e. The highest BCUT2D eigenvalue weighted by Crippen LogP contribution is 2.28. The Bertz CT molecular complexity index is 749. The predicted octanol–water partition coefficient (Wildman–Crippen LogP) is 1.48. The van der Waals surface area contributed by atoms with Crippen molar-refractivity contribution in [2.24, 2.45) is 0 Å². The summed E-state index contributed by atoms with van der Waals surface area (Å²) in [5.41, 5.74) is 0.0487. The maximum atomic E-state index is 12.2. The lowest BCUT2D eigenvalue weighted by molar-refractivity contribution is -0.123. The summed E-state index contributed by atoms with van der Waals surface area (Å²) in [7, 11) is 2.78. The number of carbonyl (C=O) groups is 3. The van der Waals surface area contributed by atoms with E-state index in [-0.39, 0.29) is 23.6 Å². The van der Waals surface area contributed by atoms with Crippen molar-refractivity contribution in [3.8, 4) is 11.5 Å². The zero-order valence-corrected chi connectivity index (χ0v) is 14.2. The number of furan rings is 1. The zero-order chi connectivity index (χ0) is 18.9. The van der Waals surface area contributed by atoms with Crippen molar-refractivity contribution >= 4 is 17.9 Å². The first-order valence-corrected chi connectivity index (χ1v) is 7.53. The first-order valence-electron chi connectivity index (χ1n) is 7.53. The average molecular weight is 362 g/mol. The molecule has 0 spiro atoms. The molecule has 1 heterocycles. The standard InChI is InChI=1S/C17H18N2O7/c1-23-12-6-3-7-13(24-2)15(12)16(21)26-10-14(20)19-17(22)18-9-11-5-4-8-25-11/h3-8H,9-10H2,1-2H3,(H2,18,19,20,22). The lowest BCUT2D eigenvalue weighted by atomic mass is 10.2. The summed E-state index contributed by atoms with van der Waals surface area (Å²) in [5.74, 6) is -0.589. The number of hydrogen-bond donors (Lipinski definition) is 2. The molecule has 0 aliphatic carbocycles. The third kappa shape index (κ3) is 5.00. The molecule has 0 fully saturated rings. The molecule has 0 radical (unpaired) electrons. The Labute approximate surface area is 149 Å². The highest BCUT2D eigenvalue weighted by molar-refractivity contribution is 5.99. The minimum absolute atomic E-state index is 0.0487. The van der Waals surface area contributed by atoms with Gasteiger partial charge in [-0.2, -0.15) is 0 Å². The number of imide groups is 1. The van der Waals surface area contributed by atoms with E-state index in [2.05, 4.69) is 5.32 Å². The normalized spacial score (nSPS) is 9.92. The van der Waals surface area contributed by atoms with Crippen molar-refractivity contribution < 1.29 is 33.0 Å². The fraction of sp³-hybridized carbons (Fsp3) is 0.235. The quantitative estimate of drug-likeness (QED) is 0.717. The van der Waals surface area contributed by atoms with E-state index >= 15 is 0 Å². The van der Waals surface area contributed by atoms with Crippen molar-refractivity contribution in [2.75, 3.05) is 20.8 Å². The zero-order valence-electron chi connectivity index (χ0n) is 14.2. The minimum atomic E-state index is -0.814. The van der Waals surface area contributed by atoms with Crippen LogP contribution in [0.2, 0.25) is 0 Å². The molecule has 9 heteroatoms. The van der Waals surface area contributed by atoms with E-state index in [0.29, 0.717) is 5.76 Å². The van der Waals surface area contributed by atoms with Gasteiger partial charge >= 0.3 is 12.0 Å². The van der Waals surface area contributed by atoms with Crippen LogP contribution in [0.5, 0.6) is 11.5 Å². The summed E-state index contributed by atoms with van der Waals surface area (Å²) in [6.07, 6.45) is 1.46. The van der Waals surface area contributed by atoms with Crippen molar-refractivity contribution in [2.45, 2.75) is 6.54 Å². The fourth-order valence-electron chi connectivity index (χ4n) is 2.04. The molecule has 0 saturated heterocycles. The van der Waals surface area contributed by atoms with E-state index in [1.54, 1.807) is 30.3 Å². The Balaban J connectivity index is 1.85. The number of benzene rings is 1. The van der Waals surface area contributed by atoms with Gasteiger partial charge < -0.3 is 23.9 Å². The molecular formula is C17H18N2O7. The van der Waals surface area contributed by atoms with Crippen LogP contribution in [-0.2, 0) is 16.1 Å². The van der Waals surface area contributed by atoms with Crippen molar-refractivity contribution in [1.82, 2.24) is 10.6 Å². The van der Waals surface area contributed by atoms with Gasteiger partial charge in [-0.1, -0.05) is 6.07 Å². The smallest absolute Gasteiger partial charge is 0.346 e. The second kappa shape index (κ2) is 9.11. The molecule has 138 valence electrons. The highest BCUT2D eigenvalue weighted by atomic mass is 16.5. The number of rotatable bonds is 7. The molecular weight excluding hydrogens is 344 g/mol. The van der Waals surface area contributed by atoms with Gasteiger partial charge in [0.05, 0.1) is 27.0 Å². The van der Waals surface area contributed by atoms with Crippen LogP contribution in [0.1, 0.15) is 16.1 Å². The van der Waals surface area contributed by atoms with Crippen LogP contribution in [-0.4, -0.2) is 38.7 Å². The Morgan fingerprint density at radius 3 is 2.31 bits per heavy atom.